The molecule has 1 aliphatic heterocycles. The SMILES string of the molecule is COc1cc2c(cc1OC)[C@@H](Cc1ccccc1Br)N(C(=O)OC(C)(C)C)CC2. The van der Waals surface area contributed by atoms with Crippen LogP contribution in [-0.2, 0) is 17.6 Å². The molecule has 0 spiro atoms. The largest absolute Gasteiger partial charge is 0.493 e. The normalized spacial score (nSPS) is 16.2. The summed E-state index contributed by atoms with van der Waals surface area (Å²) in [6, 6.07) is 11.9. The quantitative estimate of drug-likeness (QED) is 0.599. The van der Waals surface area contributed by atoms with Crippen molar-refractivity contribution in [2.45, 2.75) is 45.3 Å². The molecule has 156 valence electrons. The summed E-state index contributed by atoms with van der Waals surface area (Å²) in [5.41, 5.74) is 2.82. The first-order valence-electron chi connectivity index (χ1n) is 9.71. The fourth-order valence-corrected chi connectivity index (χ4v) is 4.11. The van der Waals surface area contributed by atoms with Crippen molar-refractivity contribution in [3.63, 3.8) is 0 Å². The van der Waals surface area contributed by atoms with E-state index in [1.165, 1.54) is 5.56 Å². The minimum absolute atomic E-state index is 0.160. The maximum atomic E-state index is 13.0. The van der Waals surface area contributed by atoms with E-state index in [0.717, 1.165) is 22.0 Å². The highest BCUT2D eigenvalue weighted by Crippen LogP contribution is 2.40. The fraction of sp³-hybridized carbons (Fsp3) is 0.435. The fourth-order valence-electron chi connectivity index (χ4n) is 3.66. The number of fused-ring (bicyclic) bond motifs is 1. The van der Waals surface area contributed by atoms with E-state index in [-0.39, 0.29) is 12.1 Å². The van der Waals surface area contributed by atoms with Gasteiger partial charge in [0.2, 0.25) is 0 Å². The zero-order valence-corrected chi connectivity index (χ0v) is 19.2. The molecule has 6 heteroatoms. The molecule has 0 aliphatic carbocycles. The molecule has 0 unspecified atom stereocenters. The van der Waals surface area contributed by atoms with Gasteiger partial charge in [-0.15, -0.1) is 0 Å². The van der Waals surface area contributed by atoms with Gasteiger partial charge in [-0.05, 0) is 68.5 Å². The van der Waals surface area contributed by atoms with Crippen LogP contribution in [0.25, 0.3) is 0 Å². The molecule has 3 rings (SSSR count). The second-order valence-corrected chi connectivity index (χ2v) is 9.00. The van der Waals surface area contributed by atoms with E-state index in [9.17, 15) is 4.79 Å². The van der Waals surface area contributed by atoms with Gasteiger partial charge < -0.3 is 19.1 Å². The van der Waals surface area contributed by atoms with Crippen LogP contribution in [-0.4, -0.2) is 37.4 Å². The van der Waals surface area contributed by atoms with Crippen LogP contribution < -0.4 is 9.47 Å². The van der Waals surface area contributed by atoms with Gasteiger partial charge in [0.05, 0.1) is 20.3 Å². The topological polar surface area (TPSA) is 48.0 Å². The molecule has 2 aromatic rings. The van der Waals surface area contributed by atoms with Gasteiger partial charge in [-0.3, -0.25) is 0 Å². The minimum atomic E-state index is -0.549. The summed E-state index contributed by atoms with van der Waals surface area (Å²) in [5, 5.41) is 0. The molecule has 1 amide bonds. The van der Waals surface area contributed by atoms with Gasteiger partial charge in [0, 0.05) is 11.0 Å². The van der Waals surface area contributed by atoms with Crippen LogP contribution in [0.5, 0.6) is 11.5 Å². The summed E-state index contributed by atoms with van der Waals surface area (Å²) in [6.07, 6.45) is 1.11. The lowest BCUT2D eigenvalue weighted by Crippen LogP contribution is -2.43. The van der Waals surface area contributed by atoms with Crippen LogP contribution in [0.2, 0.25) is 0 Å². The second-order valence-electron chi connectivity index (χ2n) is 8.14. The van der Waals surface area contributed by atoms with Gasteiger partial charge >= 0.3 is 6.09 Å². The van der Waals surface area contributed by atoms with Gasteiger partial charge in [0.1, 0.15) is 5.60 Å². The third kappa shape index (κ3) is 4.86. The number of hydrogen-bond donors (Lipinski definition) is 0. The van der Waals surface area contributed by atoms with Crippen LogP contribution in [0.1, 0.15) is 43.5 Å². The molecule has 0 aromatic heterocycles. The minimum Gasteiger partial charge on any atom is -0.493 e. The average Bonchev–Trinajstić information content (AvgIpc) is 2.67. The summed E-state index contributed by atoms with van der Waals surface area (Å²) in [5.74, 6) is 1.37. The summed E-state index contributed by atoms with van der Waals surface area (Å²) in [6.45, 7) is 6.25. The van der Waals surface area contributed by atoms with Gasteiger partial charge in [0.15, 0.2) is 11.5 Å². The Morgan fingerprint density at radius 2 is 1.79 bits per heavy atom. The first kappa shape index (κ1) is 21.5. The monoisotopic (exact) mass is 461 g/mol. The Bertz CT molecular complexity index is 891. The van der Waals surface area contributed by atoms with E-state index >= 15 is 0 Å². The number of halogens is 1. The zero-order valence-electron chi connectivity index (χ0n) is 17.6. The molecule has 1 aliphatic rings. The average molecular weight is 462 g/mol. The summed E-state index contributed by atoms with van der Waals surface area (Å²) < 4.78 is 17.7. The number of amides is 1. The standard InChI is InChI=1S/C23H28BrNO4/c1-23(2,3)29-22(26)25-11-10-15-13-20(27-4)21(28-5)14-17(15)19(25)12-16-8-6-7-9-18(16)24/h6-9,13-14,19H,10-12H2,1-5H3/t19-/m1/s1. The highest BCUT2D eigenvalue weighted by molar-refractivity contribution is 9.10. The van der Waals surface area contributed by atoms with Gasteiger partial charge in [-0.25, -0.2) is 4.79 Å². The number of carbonyl (C=O) groups excluding carboxylic acids is 1. The van der Waals surface area contributed by atoms with E-state index in [1.807, 2.05) is 56.0 Å². The van der Waals surface area contributed by atoms with Crippen LogP contribution in [0.3, 0.4) is 0 Å². The lowest BCUT2D eigenvalue weighted by molar-refractivity contribution is 0.0141. The Kier molecular flexibility index (Phi) is 6.42. The van der Waals surface area contributed by atoms with Gasteiger partial charge in [-0.2, -0.15) is 0 Å². The molecule has 2 aromatic carbocycles. The third-order valence-corrected chi connectivity index (χ3v) is 5.78. The highest BCUT2D eigenvalue weighted by atomic mass is 79.9. The van der Waals surface area contributed by atoms with Crippen LogP contribution in [0.15, 0.2) is 40.9 Å². The number of hydrogen-bond acceptors (Lipinski definition) is 4. The van der Waals surface area contributed by atoms with Gasteiger partial charge in [0.25, 0.3) is 0 Å². The van der Waals surface area contributed by atoms with E-state index in [1.54, 1.807) is 14.2 Å². The summed E-state index contributed by atoms with van der Waals surface area (Å²) >= 11 is 3.64. The molecule has 0 N–H and O–H groups in total. The van der Waals surface area contributed by atoms with Crippen LogP contribution in [0.4, 0.5) is 4.79 Å². The smallest absolute Gasteiger partial charge is 0.410 e. The Morgan fingerprint density at radius 1 is 1.14 bits per heavy atom. The number of ether oxygens (including phenoxy) is 3. The Balaban J connectivity index is 2.05. The lowest BCUT2D eigenvalue weighted by atomic mass is 9.88. The number of benzene rings is 2. The highest BCUT2D eigenvalue weighted by Gasteiger charge is 2.35. The van der Waals surface area contributed by atoms with Crippen LogP contribution in [0, 0.1) is 0 Å². The van der Waals surface area contributed by atoms with Crippen molar-refractivity contribution in [3.05, 3.63) is 57.6 Å². The van der Waals surface area contributed by atoms with Crippen molar-refractivity contribution in [3.8, 4) is 11.5 Å². The summed E-state index contributed by atoms with van der Waals surface area (Å²) in [4.78, 5) is 14.9. The third-order valence-electron chi connectivity index (χ3n) is 5.00. The van der Waals surface area contributed by atoms with Crippen molar-refractivity contribution in [2.24, 2.45) is 0 Å². The number of methoxy groups -OCH3 is 2. The second kappa shape index (κ2) is 8.66. The molecule has 1 atom stereocenters. The van der Waals surface area contributed by atoms with Crippen molar-refractivity contribution >= 4 is 22.0 Å². The van der Waals surface area contributed by atoms with Crippen LogP contribution >= 0.6 is 15.9 Å². The lowest BCUT2D eigenvalue weighted by Gasteiger charge is -2.38. The Morgan fingerprint density at radius 3 is 2.41 bits per heavy atom. The number of rotatable bonds is 4. The molecule has 1 heterocycles. The van der Waals surface area contributed by atoms with E-state index < -0.39 is 5.60 Å². The first-order chi connectivity index (χ1) is 13.7. The molecule has 5 nitrogen and oxygen atoms in total. The maximum Gasteiger partial charge on any atom is 0.410 e. The van der Waals surface area contributed by atoms with Crippen molar-refractivity contribution in [1.82, 2.24) is 4.90 Å². The van der Waals surface area contributed by atoms with E-state index in [0.29, 0.717) is 24.5 Å². The number of nitrogens with zero attached hydrogens (tertiary/aromatic N) is 1. The van der Waals surface area contributed by atoms with Crippen molar-refractivity contribution in [1.29, 1.82) is 0 Å². The molecular weight excluding hydrogens is 434 g/mol. The Labute approximate surface area is 181 Å². The van der Waals surface area contributed by atoms with Gasteiger partial charge in [-0.1, -0.05) is 34.1 Å². The first-order valence-corrected chi connectivity index (χ1v) is 10.5. The molecular formula is C23H28BrNO4. The number of carbonyl (C=O) groups is 1. The van der Waals surface area contributed by atoms with E-state index in [2.05, 4.69) is 22.0 Å². The zero-order chi connectivity index (χ0) is 21.2. The molecule has 0 bridgehead atoms. The maximum absolute atomic E-state index is 13.0. The van der Waals surface area contributed by atoms with Crippen molar-refractivity contribution in [2.75, 3.05) is 20.8 Å². The molecule has 0 saturated heterocycles. The predicted octanol–water partition coefficient (Wildman–Crippen LogP) is 5.54. The molecule has 0 saturated carbocycles. The summed E-state index contributed by atoms with van der Waals surface area (Å²) in [7, 11) is 3.26. The van der Waals surface area contributed by atoms with Crippen molar-refractivity contribution < 1.29 is 19.0 Å². The predicted molar refractivity (Wildman–Crippen MR) is 117 cm³/mol. The van der Waals surface area contributed by atoms with E-state index in [4.69, 9.17) is 14.2 Å². The Hall–Kier alpha value is -2.21. The molecule has 0 radical (unpaired) electrons. The molecule has 0 fully saturated rings. The molecule has 29 heavy (non-hydrogen) atoms.